The Morgan fingerprint density at radius 1 is 1.19 bits per heavy atom. The summed E-state index contributed by atoms with van der Waals surface area (Å²) in [6.07, 6.45) is 3.51. The number of fused-ring (bicyclic) bond motifs is 4. The summed E-state index contributed by atoms with van der Waals surface area (Å²) in [6, 6.07) is 10.8. The van der Waals surface area contributed by atoms with Crippen LogP contribution in [0.4, 0.5) is 0 Å². The van der Waals surface area contributed by atoms with Crippen LogP contribution in [0.1, 0.15) is 45.4 Å². The number of allylic oxidation sites excluding steroid dienone is 2. The smallest absolute Gasteiger partial charge is 0.192 e. The average Bonchev–Trinajstić information content (AvgIpc) is 3.03. The van der Waals surface area contributed by atoms with E-state index < -0.39 is 8.32 Å². The largest absolute Gasteiger partial charge is 0.408 e. The molecule has 26 heavy (non-hydrogen) atoms. The van der Waals surface area contributed by atoms with Crippen molar-refractivity contribution in [3.63, 3.8) is 0 Å². The molecule has 0 unspecified atom stereocenters. The first-order valence-electron chi connectivity index (χ1n) is 9.65. The molecule has 0 spiro atoms. The van der Waals surface area contributed by atoms with E-state index in [1.807, 2.05) is 6.08 Å². The Labute approximate surface area is 157 Å². The lowest BCUT2D eigenvalue weighted by Gasteiger charge is -2.39. The van der Waals surface area contributed by atoms with Crippen molar-refractivity contribution in [3.05, 3.63) is 47.7 Å². The van der Waals surface area contributed by atoms with Crippen LogP contribution in [0.5, 0.6) is 0 Å². The third-order valence-electron chi connectivity index (χ3n) is 6.57. The van der Waals surface area contributed by atoms with Crippen LogP contribution in [0.25, 0.3) is 10.9 Å². The Kier molecular flexibility index (Phi) is 4.05. The van der Waals surface area contributed by atoms with Gasteiger partial charge in [-0.05, 0) is 59.6 Å². The Morgan fingerprint density at radius 2 is 1.92 bits per heavy atom. The van der Waals surface area contributed by atoms with Crippen LogP contribution >= 0.6 is 0 Å². The molecule has 4 heteroatoms. The molecule has 1 aromatic carbocycles. The fraction of sp³-hybridized carbons (Fsp3) is 0.500. The summed E-state index contributed by atoms with van der Waals surface area (Å²) in [7, 11) is -1.91. The molecule has 0 radical (unpaired) electrons. The highest BCUT2D eigenvalue weighted by Crippen LogP contribution is 2.46. The Bertz CT molecular complexity index is 900. The minimum Gasteiger partial charge on any atom is -0.408 e. The zero-order valence-corrected chi connectivity index (χ0v) is 17.5. The molecule has 4 rings (SSSR count). The van der Waals surface area contributed by atoms with Gasteiger partial charge in [0.1, 0.15) is 0 Å². The lowest BCUT2D eigenvalue weighted by molar-refractivity contribution is -0.114. The summed E-state index contributed by atoms with van der Waals surface area (Å²) < 4.78 is 9.29. The van der Waals surface area contributed by atoms with E-state index in [1.54, 1.807) is 0 Å². The van der Waals surface area contributed by atoms with Crippen molar-refractivity contribution < 1.29 is 9.22 Å². The molecule has 0 saturated heterocycles. The quantitative estimate of drug-likeness (QED) is 0.645. The number of benzene rings is 1. The highest BCUT2D eigenvalue weighted by Gasteiger charge is 2.42. The standard InChI is InChI=1S/C22H29NO2Si/c1-22(2,3)26(4,5)25-21-13-16-10-18(24)11-17(16)14-23-19-9-7-6-8-15(19)12-20(21)23/h6-9,11-12,16,21H,10,13-14H2,1-5H3/t16-,21-/m0/s1. The fourth-order valence-corrected chi connectivity index (χ4v) is 5.33. The average molecular weight is 368 g/mol. The van der Waals surface area contributed by atoms with Gasteiger partial charge in [0.05, 0.1) is 6.10 Å². The number of rotatable bonds is 2. The molecule has 2 aromatic rings. The summed E-state index contributed by atoms with van der Waals surface area (Å²) in [4.78, 5) is 12.1. The maximum absolute atomic E-state index is 12.1. The first-order valence-corrected chi connectivity index (χ1v) is 12.6. The zero-order chi connectivity index (χ0) is 18.7. The molecule has 0 fully saturated rings. The Morgan fingerprint density at radius 3 is 2.65 bits per heavy atom. The summed E-state index contributed by atoms with van der Waals surface area (Å²) >= 11 is 0. The second-order valence-electron chi connectivity index (χ2n) is 9.40. The second kappa shape index (κ2) is 5.93. The molecule has 0 saturated carbocycles. The van der Waals surface area contributed by atoms with Crippen molar-refractivity contribution in [2.45, 2.75) is 64.4 Å². The van der Waals surface area contributed by atoms with Gasteiger partial charge in [-0.3, -0.25) is 4.79 Å². The van der Waals surface area contributed by atoms with Crippen LogP contribution in [-0.4, -0.2) is 18.7 Å². The molecule has 0 bridgehead atoms. The van der Waals surface area contributed by atoms with E-state index in [0.29, 0.717) is 12.3 Å². The topological polar surface area (TPSA) is 31.2 Å². The highest BCUT2D eigenvalue weighted by molar-refractivity contribution is 6.74. The van der Waals surface area contributed by atoms with Crippen LogP contribution in [0.15, 0.2) is 42.0 Å². The Balaban J connectivity index is 1.82. The van der Waals surface area contributed by atoms with E-state index in [-0.39, 0.29) is 16.9 Å². The van der Waals surface area contributed by atoms with Crippen molar-refractivity contribution in [2.75, 3.05) is 0 Å². The van der Waals surface area contributed by atoms with E-state index in [2.05, 4.69) is 68.8 Å². The van der Waals surface area contributed by atoms with Gasteiger partial charge in [-0.25, -0.2) is 0 Å². The van der Waals surface area contributed by atoms with Crippen LogP contribution in [-0.2, 0) is 15.8 Å². The van der Waals surface area contributed by atoms with Crippen molar-refractivity contribution in [1.29, 1.82) is 0 Å². The lowest BCUT2D eigenvalue weighted by atomic mass is 9.95. The number of aromatic nitrogens is 1. The van der Waals surface area contributed by atoms with E-state index in [0.717, 1.165) is 13.0 Å². The molecule has 0 amide bonds. The predicted molar refractivity (Wildman–Crippen MR) is 109 cm³/mol. The normalized spacial score (nSPS) is 23.6. The first kappa shape index (κ1) is 17.7. The molecule has 2 aliphatic rings. The maximum atomic E-state index is 12.1. The fourth-order valence-electron chi connectivity index (χ4n) is 4.04. The highest BCUT2D eigenvalue weighted by atomic mass is 28.4. The molecule has 3 nitrogen and oxygen atoms in total. The molecule has 0 N–H and O–H groups in total. The van der Waals surface area contributed by atoms with Gasteiger partial charge in [-0.1, -0.05) is 39.0 Å². The van der Waals surface area contributed by atoms with Crippen LogP contribution in [0, 0.1) is 5.92 Å². The van der Waals surface area contributed by atoms with Gasteiger partial charge < -0.3 is 8.99 Å². The molecule has 138 valence electrons. The summed E-state index contributed by atoms with van der Waals surface area (Å²) in [6.45, 7) is 12.3. The van der Waals surface area contributed by atoms with E-state index in [1.165, 1.54) is 22.2 Å². The molecule has 2 atom stereocenters. The molecule has 1 aliphatic heterocycles. The van der Waals surface area contributed by atoms with Crippen molar-refractivity contribution in [2.24, 2.45) is 5.92 Å². The number of carbonyl (C=O) groups is 1. The van der Waals surface area contributed by atoms with E-state index in [9.17, 15) is 4.79 Å². The summed E-state index contributed by atoms with van der Waals surface area (Å²) in [5, 5.41) is 1.43. The Hall–Kier alpha value is -1.65. The first-order chi connectivity index (χ1) is 12.2. The molecule has 1 aliphatic carbocycles. The minimum atomic E-state index is -1.91. The molecular formula is C22H29NO2Si. The minimum absolute atomic E-state index is 0.0603. The van der Waals surface area contributed by atoms with Crippen LogP contribution in [0.2, 0.25) is 18.1 Å². The van der Waals surface area contributed by atoms with Gasteiger partial charge in [0, 0.05) is 24.2 Å². The third-order valence-corrected chi connectivity index (χ3v) is 11.1. The van der Waals surface area contributed by atoms with E-state index >= 15 is 0 Å². The number of para-hydroxylation sites is 1. The van der Waals surface area contributed by atoms with Crippen molar-refractivity contribution in [3.8, 4) is 0 Å². The maximum Gasteiger partial charge on any atom is 0.192 e. The zero-order valence-electron chi connectivity index (χ0n) is 16.5. The number of ketones is 1. The van der Waals surface area contributed by atoms with Crippen molar-refractivity contribution in [1.82, 2.24) is 4.57 Å². The molecular weight excluding hydrogens is 338 g/mol. The van der Waals surface area contributed by atoms with Gasteiger partial charge in [0.2, 0.25) is 0 Å². The lowest BCUT2D eigenvalue weighted by Crippen LogP contribution is -2.42. The number of hydrogen-bond donors (Lipinski definition) is 0. The summed E-state index contributed by atoms with van der Waals surface area (Å²) in [5.74, 6) is 0.604. The summed E-state index contributed by atoms with van der Waals surface area (Å²) in [5.41, 5.74) is 3.80. The van der Waals surface area contributed by atoms with Crippen LogP contribution < -0.4 is 0 Å². The predicted octanol–water partition coefficient (Wildman–Crippen LogP) is 5.62. The monoisotopic (exact) mass is 367 g/mol. The number of carbonyl (C=O) groups excluding carboxylic acids is 1. The van der Waals surface area contributed by atoms with E-state index in [4.69, 9.17) is 4.43 Å². The second-order valence-corrected chi connectivity index (χ2v) is 14.2. The van der Waals surface area contributed by atoms with Gasteiger partial charge in [0.15, 0.2) is 14.1 Å². The van der Waals surface area contributed by atoms with Gasteiger partial charge in [-0.15, -0.1) is 0 Å². The van der Waals surface area contributed by atoms with Crippen LogP contribution in [0.3, 0.4) is 0 Å². The van der Waals surface area contributed by atoms with Gasteiger partial charge in [0.25, 0.3) is 0 Å². The van der Waals surface area contributed by atoms with Crippen molar-refractivity contribution >= 4 is 25.0 Å². The number of hydrogen-bond acceptors (Lipinski definition) is 2. The molecule has 2 heterocycles. The van der Waals surface area contributed by atoms with Gasteiger partial charge >= 0.3 is 0 Å². The van der Waals surface area contributed by atoms with Gasteiger partial charge in [-0.2, -0.15) is 0 Å². The third kappa shape index (κ3) is 2.89. The number of nitrogens with zero attached hydrogens (tertiary/aromatic N) is 1. The molecule has 1 aromatic heterocycles. The SMILES string of the molecule is CC(C)(C)[Si](C)(C)O[C@H]1C[C@@H]2CC(=O)C=C2Cn2c1cc1ccccc12.